The molecule has 0 bridgehead atoms. The zero-order valence-corrected chi connectivity index (χ0v) is 15.5. The molecule has 3 heterocycles. The summed E-state index contributed by atoms with van der Waals surface area (Å²) in [5.74, 6) is 0.321. The number of benzene rings is 1. The van der Waals surface area contributed by atoms with Crippen LogP contribution in [0, 0.1) is 18.7 Å². The molecule has 0 spiro atoms. The minimum Gasteiger partial charge on any atom is -0.360 e. The molecule has 1 aliphatic heterocycles. The number of carbonyl (C=O) groups is 2. The number of hydrogen-bond donors (Lipinski definition) is 1. The van der Waals surface area contributed by atoms with Crippen molar-refractivity contribution in [1.82, 2.24) is 10.1 Å². The molecular weight excluding hydrogens is 369 g/mol. The Morgan fingerprint density at radius 2 is 2.07 bits per heavy atom. The van der Waals surface area contributed by atoms with Crippen molar-refractivity contribution in [2.24, 2.45) is 5.92 Å². The number of carbonyl (C=O) groups excluding carboxylic acids is 2. The average Bonchev–Trinajstić information content (AvgIpc) is 3.28. The van der Waals surface area contributed by atoms with Gasteiger partial charge in [0, 0.05) is 35.2 Å². The van der Waals surface area contributed by atoms with E-state index in [9.17, 15) is 14.0 Å². The molecule has 8 heteroatoms. The van der Waals surface area contributed by atoms with Crippen LogP contribution in [0.25, 0.3) is 10.1 Å². The molecule has 140 valence electrons. The molecule has 1 saturated heterocycles. The summed E-state index contributed by atoms with van der Waals surface area (Å²) < 4.78 is 19.6. The first-order valence-electron chi connectivity index (χ1n) is 8.73. The average molecular weight is 387 g/mol. The molecule has 6 nitrogen and oxygen atoms in total. The van der Waals surface area contributed by atoms with E-state index in [0.29, 0.717) is 47.8 Å². The Morgan fingerprint density at radius 1 is 1.30 bits per heavy atom. The first kappa shape index (κ1) is 17.7. The maximum atomic E-state index is 13.9. The van der Waals surface area contributed by atoms with Gasteiger partial charge in [-0.2, -0.15) is 0 Å². The molecule has 1 aliphatic rings. The molecule has 0 radical (unpaired) electrons. The van der Waals surface area contributed by atoms with E-state index in [-0.39, 0.29) is 23.5 Å². The zero-order valence-electron chi connectivity index (χ0n) is 14.7. The van der Waals surface area contributed by atoms with Gasteiger partial charge in [-0.15, -0.1) is 11.3 Å². The van der Waals surface area contributed by atoms with Gasteiger partial charge in [-0.05, 0) is 38.0 Å². The lowest BCUT2D eigenvalue weighted by molar-refractivity contribution is -0.121. The number of nitrogens with one attached hydrogen (secondary N) is 1. The van der Waals surface area contributed by atoms with E-state index in [1.54, 1.807) is 30.0 Å². The lowest BCUT2D eigenvalue weighted by atomic mass is 9.96. The van der Waals surface area contributed by atoms with Crippen molar-refractivity contribution in [2.75, 3.05) is 18.4 Å². The van der Waals surface area contributed by atoms with Gasteiger partial charge >= 0.3 is 0 Å². The fraction of sp³-hybridized carbons (Fsp3) is 0.316. The molecule has 0 saturated carbocycles. The lowest BCUT2D eigenvalue weighted by Crippen LogP contribution is -2.41. The van der Waals surface area contributed by atoms with E-state index < -0.39 is 0 Å². The van der Waals surface area contributed by atoms with Crippen molar-refractivity contribution >= 4 is 39.1 Å². The number of amides is 2. The van der Waals surface area contributed by atoms with Gasteiger partial charge in [-0.3, -0.25) is 9.59 Å². The molecule has 4 rings (SSSR count). The van der Waals surface area contributed by atoms with Gasteiger partial charge in [0.2, 0.25) is 5.91 Å². The number of aromatic nitrogens is 1. The largest absolute Gasteiger partial charge is 0.360 e. The SMILES string of the molecule is Cc1cc(NC(=O)C2CCN(C(=O)c3cc4c(F)cccc4s3)CC2)no1. The number of fused-ring (bicyclic) bond motifs is 1. The van der Waals surface area contributed by atoms with Gasteiger partial charge < -0.3 is 14.7 Å². The van der Waals surface area contributed by atoms with Gasteiger partial charge in [-0.25, -0.2) is 4.39 Å². The van der Waals surface area contributed by atoms with Crippen molar-refractivity contribution in [3.8, 4) is 0 Å². The fourth-order valence-electron chi connectivity index (χ4n) is 3.28. The molecule has 27 heavy (non-hydrogen) atoms. The van der Waals surface area contributed by atoms with E-state index in [1.165, 1.54) is 17.4 Å². The first-order valence-corrected chi connectivity index (χ1v) is 9.54. The van der Waals surface area contributed by atoms with Crippen molar-refractivity contribution in [1.29, 1.82) is 0 Å². The van der Waals surface area contributed by atoms with Crippen LogP contribution in [-0.2, 0) is 4.79 Å². The molecule has 2 amide bonds. The third kappa shape index (κ3) is 3.57. The number of nitrogens with zero attached hydrogens (tertiary/aromatic N) is 2. The molecule has 1 aromatic carbocycles. The van der Waals surface area contributed by atoms with Crippen LogP contribution in [0.5, 0.6) is 0 Å². The van der Waals surface area contributed by atoms with Gasteiger partial charge in [0.05, 0.1) is 4.88 Å². The smallest absolute Gasteiger partial charge is 0.263 e. The van der Waals surface area contributed by atoms with Gasteiger partial charge in [0.1, 0.15) is 11.6 Å². The van der Waals surface area contributed by atoms with Crippen LogP contribution in [0.2, 0.25) is 0 Å². The van der Waals surface area contributed by atoms with Gasteiger partial charge in [-0.1, -0.05) is 11.2 Å². The highest BCUT2D eigenvalue weighted by Gasteiger charge is 2.29. The minimum atomic E-state index is -0.318. The molecule has 0 unspecified atom stereocenters. The van der Waals surface area contributed by atoms with Crippen molar-refractivity contribution in [2.45, 2.75) is 19.8 Å². The Morgan fingerprint density at radius 3 is 2.74 bits per heavy atom. The normalized spacial score (nSPS) is 15.3. The summed E-state index contributed by atoms with van der Waals surface area (Å²) in [5.41, 5.74) is 0. The number of halogens is 1. The lowest BCUT2D eigenvalue weighted by Gasteiger charge is -2.30. The summed E-state index contributed by atoms with van der Waals surface area (Å²) in [6.45, 7) is 2.74. The van der Waals surface area contributed by atoms with E-state index in [4.69, 9.17) is 4.52 Å². The molecule has 1 N–H and O–H groups in total. The number of aryl methyl sites for hydroxylation is 1. The van der Waals surface area contributed by atoms with Gasteiger partial charge in [0.25, 0.3) is 5.91 Å². The number of anilines is 1. The molecular formula is C19H18FN3O3S. The highest BCUT2D eigenvalue weighted by atomic mass is 32.1. The Bertz CT molecular complexity index is 1000. The van der Waals surface area contributed by atoms with Crippen LogP contribution in [0.15, 0.2) is 34.9 Å². The predicted octanol–water partition coefficient (Wildman–Crippen LogP) is 3.83. The first-order chi connectivity index (χ1) is 13.0. The van der Waals surface area contributed by atoms with Crippen LogP contribution in [-0.4, -0.2) is 35.0 Å². The number of hydrogen-bond acceptors (Lipinski definition) is 5. The highest BCUT2D eigenvalue weighted by Crippen LogP contribution is 2.29. The van der Waals surface area contributed by atoms with E-state index in [0.717, 1.165) is 4.70 Å². The molecule has 3 aromatic rings. The maximum absolute atomic E-state index is 13.9. The minimum absolute atomic E-state index is 0.110. The summed E-state index contributed by atoms with van der Waals surface area (Å²) in [6.07, 6.45) is 1.15. The quantitative estimate of drug-likeness (QED) is 0.741. The number of thiophene rings is 1. The van der Waals surface area contributed by atoms with Crippen LogP contribution in [0.1, 0.15) is 28.3 Å². The molecule has 0 aliphatic carbocycles. The van der Waals surface area contributed by atoms with Gasteiger partial charge in [0.15, 0.2) is 5.82 Å². The van der Waals surface area contributed by atoms with Crippen molar-refractivity contribution in [3.05, 3.63) is 46.8 Å². The second-order valence-electron chi connectivity index (χ2n) is 6.64. The summed E-state index contributed by atoms with van der Waals surface area (Å²) in [4.78, 5) is 27.3. The number of likely N-dealkylation sites (tertiary alicyclic amines) is 1. The third-order valence-electron chi connectivity index (χ3n) is 4.75. The number of rotatable bonds is 3. The summed E-state index contributed by atoms with van der Waals surface area (Å²) in [7, 11) is 0. The Balaban J connectivity index is 1.38. The Hall–Kier alpha value is -2.74. The van der Waals surface area contributed by atoms with Crippen LogP contribution in [0.4, 0.5) is 10.2 Å². The fourth-order valence-corrected chi connectivity index (χ4v) is 4.33. The van der Waals surface area contributed by atoms with E-state index in [2.05, 4.69) is 10.5 Å². The summed E-state index contributed by atoms with van der Waals surface area (Å²) >= 11 is 1.30. The summed E-state index contributed by atoms with van der Waals surface area (Å²) in [5, 5.41) is 6.98. The zero-order chi connectivity index (χ0) is 19.0. The summed E-state index contributed by atoms with van der Waals surface area (Å²) in [6, 6.07) is 8.12. The van der Waals surface area contributed by atoms with Crippen molar-refractivity contribution < 1.29 is 18.5 Å². The monoisotopic (exact) mass is 387 g/mol. The standard InChI is InChI=1S/C19H18FN3O3S/c1-11-9-17(22-26-11)21-18(24)12-5-7-23(8-6-12)19(25)16-10-13-14(20)3-2-4-15(13)27-16/h2-4,9-10,12H,5-8H2,1H3,(H,21,22,24). The Kier molecular flexibility index (Phi) is 4.65. The second-order valence-corrected chi connectivity index (χ2v) is 7.72. The molecule has 2 aromatic heterocycles. The topological polar surface area (TPSA) is 75.4 Å². The maximum Gasteiger partial charge on any atom is 0.263 e. The van der Waals surface area contributed by atoms with E-state index >= 15 is 0 Å². The van der Waals surface area contributed by atoms with E-state index in [1.807, 2.05) is 6.07 Å². The second kappa shape index (κ2) is 7.11. The Labute approximate surface area is 158 Å². The van der Waals surface area contributed by atoms with Crippen LogP contribution in [0.3, 0.4) is 0 Å². The third-order valence-corrected chi connectivity index (χ3v) is 5.84. The van der Waals surface area contributed by atoms with Crippen molar-refractivity contribution in [3.63, 3.8) is 0 Å². The molecule has 1 fully saturated rings. The van der Waals surface area contributed by atoms with Crippen LogP contribution >= 0.6 is 11.3 Å². The predicted molar refractivity (Wildman–Crippen MR) is 100 cm³/mol. The number of piperidine rings is 1. The highest BCUT2D eigenvalue weighted by molar-refractivity contribution is 7.20. The molecule has 0 atom stereocenters. The van der Waals surface area contributed by atoms with Crippen LogP contribution < -0.4 is 5.32 Å².